The van der Waals surface area contributed by atoms with Gasteiger partial charge in [-0.1, -0.05) is 31.4 Å². The molecule has 126 valence electrons. The molecule has 22 heavy (non-hydrogen) atoms. The second-order valence-corrected chi connectivity index (χ2v) is 7.51. The van der Waals surface area contributed by atoms with Gasteiger partial charge in [-0.2, -0.15) is 12.7 Å². The molecule has 3 N–H and O–H groups in total. The molecule has 1 aliphatic rings. The number of halogens is 1. The third-order valence-corrected chi connectivity index (χ3v) is 5.77. The summed E-state index contributed by atoms with van der Waals surface area (Å²) in [6.07, 6.45) is 6.06. The number of nitrogens with zero attached hydrogens (tertiary/aromatic N) is 1. The minimum absolute atomic E-state index is 0. The Bertz CT molecular complexity index is 542. The summed E-state index contributed by atoms with van der Waals surface area (Å²) in [6.45, 7) is 0.406. The van der Waals surface area contributed by atoms with Gasteiger partial charge in [0.05, 0.1) is 0 Å². The lowest BCUT2D eigenvalue weighted by atomic mass is 9.96. The Morgan fingerprint density at radius 1 is 1.18 bits per heavy atom. The zero-order valence-corrected chi connectivity index (χ0v) is 14.6. The zero-order valence-electron chi connectivity index (χ0n) is 13.0. The molecule has 0 spiro atoms. The fourth-order valence-corrected chi connectivity index (χ4v) is 3.92. The van der Waals surface area contributed by atoms with Gasteiger partial charge >= 0.3 is 0 Å². The molecule has 0 atom stereocenters. The van der Waals surface area contributed by atoms with Crippen LogP contribution in [-0.4, -0.2) is 32.4 Å². The number of nitrogens with two attached hydrogens (primary N) is 1. The van der Waals surface area contributed by atoms with Crippen LogP contribution in [0.1, 0.15) is 37.7 Å². The van der Waals surface area contributed by atoms with E-state index in [1.165, 1.54) is 10.7 Å². The van der Waals surface area contributed by atoms with Crippen LogP contribution in [0, 0.1) is 0 Å². The standard InChI is InChI=1S/C15H25N3O2S.ClH/c1-18(15-5-3-2-4-6-15)21(19,20)17-12-11-13-7-9-14(16)10-8-13;/h7-10,15,17H,2-6,11-12,16H2,1H3;1H. The van der Waals surface area contributed by atoms with Crippen LogP contribution < -0.4 is 10.5 Å². The van der Waals surface area contributed by atoms with Crippen molar-refractivity contribution >= 4 is 28.3 Å². The van der Waals surface area contributed by atoms with E-state index in [9.17, 15) is 8.42 Å². The normalized spacial score (nSPS) is 16.5. The van der Waals surface area contributed by atoms with E-state index in [0.29, 0.717) is 13.0 Å². The van der Waals surface area contributed by atoms with E-state index in [-0.39, 0.29) is 18.4 Å². The third-order valence-electron chi connectivity index (χ3n) is 4.15. The average Bonchev–Trinajstić information content (AvgIpc) is 2.49. The highest BCUT2D eigenvalue weighted by Crippen LogP contribution is 2.22. The highest BCUT2D eigenvalue weighted by molar-refractivity contribution is 7.87. The lowest BCUT2D eigenvalue weighted by molar-refractivity contribution is 0.283. The fraction of sp³-hybridized carbons (Fsp3) is 0.600. The maximum Gasteiger partial charge on any atom is 0.279 e. The van der Waals surface area contributed by atoms with E-state index in [1.54, 1.807) is 7.05 Å². The van der Waals surface area contributed by atoms with E-state index in [4.69, 9.17) is 5.73 Å². The summed E-state index contributed by atoms with van der Waals surface area (Å²) in [4.78, 5) is 0. The van der Waals surface area contributed by atoms with E-state index in [0.717, 1.165) is 36.9 Å². The summed E-state index contributed by atoms with van der Waals surface area (Å²) < 4.78 is 28.7. The first-order valence-electron chi connectivity index (χ1n) is 7.56. The monoisotopic (exact) mass is 347 g/mol. The van der Waals surface area contributed by atoms with Crippen molar-refractivity contribution in [2.45, 2.75) is 44.6 Å². The summed E-state index contributed by atoms with van der Waals surface area (Å²) in [7, 11) is -1.70. The SMILES string of the molecule is CN(C1CCCCC1)S(=O)(=O)NCCc1ccc(N)cc1.Cl. The van der Waals surface area contributed by atoms with Crippen LogP contribution in [0.4, 0.5) is 5.69 Å². The Labute approximate surface area is 139 Å². The maximum absolute atomic E-state index is 12.3. The smallest absolute Gasteiger partial charge is 0.279 e. The lowest BCUT2D eigenvalue weighted by Crippen LogP contribution is -2.45. The Hall–Kier alpha value is -0.820. The molecule has 2 rings (SSSR count). The molecule has 1 aliphatic carbocycles. The number of nitrogen functional groups attached to an aromatic ring is 1. The molecule has 0 saturated heterocycles. The maximum atomic E-state index is 12.3. The predicted octanol–water partition coefficient (Wildman–Crippen LogP) is 2.33. The van der Waals surface area contributed by atoms with Crippen molar-refractivity contribution in [3.05, 3.63) is 29.8 Å². The molecule has 0 radical (unpaired) electrons. The molecular weight excluding hydrogens is 322 g/mol. The molecule has 1 aromatic carbocycles. The zero-order chi connectivity index (χ0) is 15.3. The topological polar surface area (TPSA) is 75.4 Å². The van der Waals surface area contributed by atoms with Gasteiger partial charge in [0.2, 0.25) is 0 Å². The van der Waals surface area contributed by atoms with Crippen LogP contribution in [0.15, 0.2) is 24.3 Å². The van der Waals surface area contributed by atoms with Gasteiger partial charge in [-0.3, -0.25) is 0 Å². The molecular formula is C15H26ClN3O2S. The van der Waals surface area contributed by atoms with Gasteiger partial charge < -0.3 is 5.73 Å². The molecule has 1 saturated carbocycles. The van der Waals surface area contributed by atoms with Crippen molar-refractivity contribution in [1.29, 1.82) is 0 Å². The number of benzene rings is 1. The van der Waals surface area contributed by atoms with Crippen LogP contribution in [-0.2, 0) is 16.6 Å². The van der Waals surface area contributed by atoms with Crippen molar-refractivity contribution in [2.24, 2.45) is 0 Å². The van der Waals surface area contributed by atoms with E-state index >= 15 is 0 Å². The van der Waals surface area contributed by atoms with Gasteiger partial charge in [0.25, 0.3) is 10.2 Å². The van der Waals surface area contributed by atoms with Crippen LogP contribution in [0.25, 0.3) is 0 Å². The molecule has 0 aromatic heterocycles. The van der Waals surface area contributed by atoms with Gasteiger partial charge in [-0.15, -0.1) is 12.4 Å². The first kappa shape index (κ1) is 19.2. The number of rotatable bonds is 6. The Morgan fingerprint density at radius 2 is 1.77 bits per heavy atom. The van der Waals surface area contributed by atoms with Crippen molar-refractivity contribution < 1.29 is 8.42 Å². The molecule has 1 aromatic rings. The molecule has 0 bridgehead atoms. The van der Waals surface area contributed by atoms with Crippen molar-refractivity contribution in [3.63, 3.8) is 0 Å². The van der Waals surface area contributed by atoms with Gasteiger partial charge in [0.15, 0.2) is 0 Å². The molecule has 0 heterocycles. The van der Waals surface area contributed by atoms with E-state index in [1.807, 2.05) is 24.3 Å². The summed E-state index contributed by atoms with van der Waals surface area (Å²) in [5.74, 6) is 0. The Balaban J connectivity index is 0.00000242. The van der Waals surface area contributed by atoms with E-state index in [2.05, 4.69) is 4.72 Å². The Kier molecular flexibility index (Phi) is 7.62. The summed E-state index contributed by atoms with van der Waals surface area (Å²) in [6, 6.07) is 7.66. The highest BCUT2D eigenvalue weighted by atomic mass is 35.5. The summed E-state index contributed by atoms with van der Waals surface area (Å²) >= 11 is 0. The van der Waals surface area contributed by atoms with E-state index < -0.39 is 10.2 Å². The first-order valence-corrected chi connectivity index (χ1v) is 9.00. The highest BCUT2D eigenvalue weighted by Gasteiger charge is 2.26. The molecule has 7 heteroatoms. The minimum Gasteiger partial charge on any atom is -0.399 e. The number of nitrogens with one attached hydrogen (secondary N) is 1. The molecule has 0 unspecified atom stereocenters. The van der Waals surface area contributed by atoms with Gasteiger partial charge in [0, 0.05) is 25.3 Å². The summed E-state index contributed by atoms with van der Waals surface area (Å²) in [5, 5.41) is 0. The van der Waals surface area contributed by atoms with Gasteiger partial charge in [-0.05, 0) is 37.0 Å². The fourth-order valence-electron chi connectivity index (χ4n) is 2.75. The molecule has 1 fully saturated rings. The summed E-state index contributed by atoms with van der Waals surface area (Å²) in [5.41, 5.74) is 7.42. The van der Waals surface area contributed by atoms with Crippen LogP contribution in [0.3, 0.4) is 0 Å². The third kappa shape index (κ3) is 5.43. The van der Waals surface area contributed by atoms with Gasteiger partial charge in [0.1, 0.15) is 0 Å². The number of hydrogen-bond donors (Lipinski definition) is 2. The number of hydrogen-bond acceptors (Lipinski definition) is 3. The van der Waals surface area contributed by atoms with Crippen LogP contribution >= 0.6 is 12.4 Å². The molecule has 5 nitrogen and oxygen atoms in total. The Morgan fingerprint density at radius 3 is 2.36 bits per heavy atom. The molecule has 0 aliphatic heterocycles. The minimum atomic E-state index is -3.38. The van der Waals surface area contributed by atoms with Crippen molar-refractivity contribution in [1.82, 2.24) is 9.03 Å². The van der Waals surface area contributed by atoms with Crippen LogP contribution in [0.2, 0.25) is 0 Å². The second kappa shape index (κ2) is 8.72. The largest absolute Gasteiger partial charge is 0.399 e. The first-order chi connectivity index (χ1) is 9.99. The second-order valence-electron chi connectivity index (χ2n) is 5.70. The predicted molar refractivity (Wildman–Crippen MR) is 93.4 cm³/mol. The quantitative estimate of drug-likeness (QED) is 0.775. The van der Waals surface area contributed by atoms with Gasteiger partial charge in [-0.25, -0.2) is 4.72 Å². The van der Waals surface area contributed by atoms with Crippen molar-refractivity contribution in [3.8, 4) is 0 Å². The van der Waals surface area contributed by atoms with Crippen LogP contribution in [0.5, 0.6) is 0 Å². The number of anilines is 1. The molecule has 0 amide bonds. The van der Waals surface area contributed by atoms with Crippen molar-refractivity contribution in [2.75, 3.05) is 19.3 Å². The average molecular weight is 348 g/mol. The lowest BCUT2D eigenvalue weighted by Gasteiger charge is -2.30.